The molecule has 44 heteroatoms. The number of aryl methyl sites for hydroxylation is 1. The second kappa shape index (κ2) is 20.7. The Kier molecular flexibility index (Phi) is 15.2. The van der Waals surface area contributed by atoms with E-state index < -0.39 is 135 Å². The molecule has 6 aromatic rings. The molecule has 0 aliphatic carbocycles. The van der Waals surface area contributed by atoms with E-state index in [9.17, 15) is 63.3 Å². The Labute approximate surface area is 425 Å². The lowest BCUT2D eigenvalue weighted by Gasteiger charge is -2.28. The molecule has 3 aliphatic rings. The van der Waals surface area contributed by atoms with Crippen molar-refractivity contribution in [2.45, 2.75) is 73.6 Å². The molecule has 0 saturated carbocycles. The number of imidazole rings is 3. The summed E-state index contributed by atoms with van der Waals surface area (Å²) in [6.45, 7) is -7.77. The van der Waals surface area contributed by atoms with Crippen LogP contribution in [0, 0.1) is 0 Å². The average molecular weight is 1180 g/mol. The van der Waals surface area contributed by atoms with Crippen LogP contribution in [0.3, 0.4) is 0 Å². The van der Waals surface area contributed by atoms with E-state index in [1.54, 1.807) is 0 Å². The number of rotatable bonds is 19. The van der Waals surface area contributed by atoms with Crippen molar-refractivity contribution >= 4 is 99.1 Å². The van der Waals surface area contributed by atoms with Gasteiger partial charge in [0.05, 0.1) is 39.5 Å². The number of hydrogen-bond donors (Lipinski definition) is 14. The van der Waals surface area contributed by atoms with E-state index in [0.29, 0.717) is 0 Å². The number of fused-ring (bicyclic) bond motifs is 3. The minimum Gasteiger partial charge on any atom is -0.387 e. The van der Waals surface area contributed by atoms with Crippen LogP contribution in [0.2, 0.25) is 0 Å². The van der Waals surface area contributed by atoms with Gasteiger partial charge in [-0.15, -0.1) is 0 Å². The number of methoxy groups -OCH3 is 1. The number of phosphoric ester groups is 2. The molecular weight excluding hydrogens is 1130 g/mol. The second-order valence-electron chi connectivity index (χ2n) is 16.7. The number of aliphatic hydroxyl groups is 4. The van der Waals surface area contributed by atoms with Gasteiger partial charge in [0.15, 0.2) is 41.4 Å². The predicted molar refractivity (Wildman–Crippen MR) is 250 cm³/mol. The van der Waals surface area contributed by atoms with Crippen LogP contribution >= 0.6 is 30.2 Å². The number of nitrogens with two attached hydrogens (primary N) is 4. The van der Waals surface area contributed by atoms with Gasteiger partial charge in [-0.2, -0.15) is 23.6 Å². The van der Waals surface area contributed by atoms with Crippen LogP contribution in [0.25, 0.3) is 33.5 Å². The number of ether oxygens (including phenoxy) is 4. The SMILES string of the molecule is CO[C@H]1C(OP(O)(=S)OC[C@H]2O[C@@H](n3cnc4c(=O)[nH]c(N)nc43)[C@@H](O)C2O)[C@@H](COP(=O)(O)OP(=O)(O)OP(=O)(O)OC[C@H]2O[C@@H]([n+]3cn(C)c4c(=O)[nH]c(N)nc43)C(O)[C@H]2O)O[C@H]1n1cnc2c(N)nc(N)nc21. The Morgan fingerprint density at radius 3 is 1.92 bits per heavy atom. The van der Waals surface area contributed by atoms with Crippen molar-refractivity contribution in [2.75, 3.05) is 49.9 Å². The van der Waals surface area contributed by atoms with Crippen LogP contribution in [-0.2, 0) is 78.2 Å². The zero-order valence-electron chi connectivity index (χ0n) is 38.5. The van der Waals surface area contributed by atoms with Gasteiger partial charge in [0.1, 0.15) is 60.5 Å². The molecule has 39 nitrogen and oxygen atoms in total. The average Bonchev–Trinajstić information content (AvgIpc) is 4.17. The van der Waals surface area contributed by atoms with Gasteiger partial charge >= 0.3 is 35.8 Å². The fourth-order valence-corrected chi connectivity index (χ4v) is 13.3. The number of anilines is 4. The molecule has 416 valence electrons. The molecule has 3 aliphatic heterocycles. The highest BCUT2D eigenvalue weighted by atomic mass is 32.5. The molecule has 0 bridgehead atoms. The number of hydrogen-bond acceptors (Lipinski definition) is 30. The lowest BCUT2D eigenvalue weighted by molar-refractivity contribution is -0.745. The third kappa shape index (κ3) is 11.1. The third-order valence-corrected chi connectivity index (χ3v) is 17.4. The highest BCUT2D eigenvalue weighted by Crippen LogP contribution is 2.68. The van der Waals surface area contributed by atoms with Crippen molar-refractivity contribution in [1.29, 1.82) is 0 Å². The fraction of sp³-hybridized carbons (Fsp3) is 0.531. The van der Waals surface area contributed by atoms with Gasteiger partial charge in [0, 0.05) is 7.11 Å². The van der Waals surface area contributed by atoms with Crippen LogP contribution in [-0.4, -0.2) is 175 Å². The van der Waals surface area contributed by atoms with Gasteiger partial charge in [-0.25, -0.2) is 28.2 Å². The van der Waals surface area contributed by atoms with E-state index in [4.69, 9.17) is 71.8 Å². The molecule has 3 fully saturated rings. The van der Waals surface area contributed by atoms with Crippen LogP contribution < -0.4 is 38.6 Å². The molecule has 18 N–H and O–H groups in total. The summed E-state index contributed by atoms with van der Waals surface area (Å²) in [5.74, 6) is -1.08. The normalized spacial score (nSPS) is 30.2. The summed E-state index contributed by atoms with van der Waals surface area (Å²) in [5.41, 5.74) is 21.3. The Morgan fingerprint density at radius 2 is 1.25 bits per heavy atom. The third-order valence-electron chi connectivity index (χ3n) is 11.6. The van der Waals surface area contributed by atoms with Gasteiger partial charge in [0.2, 0.25) is 23.6 Å². The summed E-state index contributed by atoms with van der Waals surface area (Å²) in [6.07, 6.45) is -16.1. The van der Waals surface area contributed by atoms with Crippen molar-refractivity contribution in [3.8, 4) is 0 Å². The van der Waals surface area contributed by atoms with Gasteiger partial charge < -0.3 is 86.4 Å². The lowest BCUT2D eigenvalue weighted by atomic mass is 10.1. The summed E-state index contributed by atoms with van der Waals surface area (Å²) in [6, 6.07) is 0. The number of nitrogens with zero attached hydrogens (tertiary/aromatic N) is 10. The summed E-state index contributed by atoms with van der Waals surface area (Å²) in [4.78, 5) is 96.3. The highest BCUT2D eigenvalue weighted by molar-refractivity contribution is 8.07. The highest BCUT2D eigenvalue weighted by Gasteiger charge is 2.53. The smallest absolute Gasteiger partial charge is 0.387 e. The van der Waals surface area contributed by atoms with Crippen molar-refractivity contribution in [3.63, 3.8) is 0 Å². The van der Waals surface area contributed by atoms with Crippen molar-refractivity contribution in [2.24, 2.45) is 7.05 Å². The molecule has 76 heavy (non-hydrogen) atoms. The van der Waals surface area contributed by atoms with E-state index in [1.807, 2.05) is 0 Å². The molecule has 3 saturated heterocycles. The van der Waals surface area contributed by atoms with E-state index in [2.05, 4.69) is 48.5 Å². The van der Waals surface area contributed by atoms with Crippen LogP contribution in [0.1, 0.15) is 18.7 Å². The van der Waals surface area contributed by atoms with Gasteiger partial charge in [-0.1, -0.05) is 4.98 Å². The molecular formula is C32H45N16O23P4S+. The molecule has 0 aromatic carbocycles. The first kappa shape index (κ1) is 55.8. The molecule has 9 rings (SSSR count). The Balaban J connectivity index is 0.870. The van der Waals surface area contributed by atoms with Crippen molar-refractivity contribution in [1.82, 2.24) is 53.6 Å². The monoisotopic (exact) mass is 1180 g/mol. The zero-order chi connectivity index (χ0) is 55.1. The van der Waals surface area contributed by atoms with E-state index in [0.717, 1.165) is 28.9 Å². The quantitative estimate of drug-likeness (QED) is 0.0267. The summed E-state index contributed by atoms with van der Waals surface area (Å²) >= 11 is 5.28. The number of aliphatic hydroxyl groups excluding tert-OH is 4. The summed E-state index contributed by atoms with van der Waals surface area (Å²) < 4.78 is 96.5. The van der Waals surface area contributed by atoms with Crippen molar-refractivity contribution < 1.29 is 104 Å². The van der Waals surface area contributed by atoms with Crippen LogP contribution in [0.15, 0.2) is 28.6 Å². The first-order chi connectivity index (χ1) is 35.6. The van der Waals surface area contributed by atoms with E-state index >= 15 is 0 Å². The van der Waals surface area contributed by atoms with Gasteiger partial charge in [0.25, 0.3) is 17.1 Å². The number of aromatic amines is 2. The maximum Gasteiger partial charge on any atom is 0.490 e. The summed E-state index contributed by atoms with van der Waals surface area (Å²) in [7, 11) is -15.4. The maximum absolute atomic E-state index is 13.3. The first-order valence-corrected chi connectivity index (χ1v) is 28.4. The first-order valence-electron chi connectivity index (χ1n) is 21.4. The molecule has 0 radical (unpaired) electrons. The minimum absolute atomic E-state index is 0.0129. The lowest BCUT2D eigenvalue weighted by Crippen LogP contribution is -2.46. The molecule has 0 amide bonds. The molecule has 9 heterocycles. The van der Waals surface area contributed by atoms with Crippen LogP contribution in [0.5, 0.6) is 0 Å². The topological polar surface area (TPSA) is 571 Å². The van der Waals surface area contributed by atoms with E-state index in [1.165, 1.54) is 22.5 Å². The number of H-pyrrole nitrogens is 2. The molecule has 0 spiro atoms. The second-order valence-corrected chi connectivity index (χ2v) is 24.1. The minimum atomic E-state index is -6.19. The number of aromatic nitrogens is 12. The zero-order valence-corrected chi connectivity index (χ0v) is 42.9. The molecule has 7 unspecified atom stereocenters. The Hall–Kier alpha value is -4.93. The predicted octanol–water partition coefficient (Wildman–Crippen LogP) is -5.01. The largest absolute Gasteiger partial charge is 0.490 e. The van der Waals surface area contributed by atoms with Crippen LogP contribution in [0.4, 0.5) is 23.7 Å². The van der Waals surface area contributed by atoms with Gasteiger partial charge in [-0.3, -0.25) is 46.8 Å². The molecule has 6 aromatic heterocycles. The van der Waals surface area contributed by atoms with E-state index in [-0.39, 0.29) is 57.2 Å². The number of nitrogen functional groups attached to an aromatic ring is 4. The molecule has 16 atom stereocenters. The Morgan fingerprint density at radius 1 is 0.697 bits per heavy atom. The van der Waals surface area contributed by atoms with Gasteiger partial charge in [-0.05, 0) is 11.8 Å². The number of nitrogens with one attached hydrogen (secondary N) is 2. The summed E-state index contributed by atoms with van der Waals surface area (Å²) in [5, 5.41) is 43.3. The standard InChI is InChI=1S/C32H44N16O23P4S/c1-45-8-48(24-14(45)26(54)44-32(36)42-24)28-18(52)15(49)9(67-28)3-63-72(55,56)70-74(59,60)71-73(57,58)64-5-11-19(20(62-2)29(68-11)47-6-37-12-21(33)39-30(34)40-22(12)47)69-75(61,76)65-4-10-16(50)17(51)27(66-10)46-7-38-13-23(46)41-31(35)43-25(13)53/h6-11,15-20,27-29,49-52H,3-5H2,1-2H3,(H13-,33,34,35,36,39,40,41,42,43,44,53,54,55,56,57,58,59,60,61,76)/p+1/t9-,10-,11-,15+,16?,17+,18?,19?,20+,27-,28-,29-,75?/m1/s1. The number of phosphoric acid groups is 3. The fourth-order valence-electron chi connectivity index (χ4n) is 8.37. The van der Waals surface area contributed by atoms with Crippen molar-refractivity contribution in [3.05, 3.63) is 39.7 Å². The maximum atomic E-state index is 13.3. The Bertz CT molecular complexity index is 3530.